The van der Waals surface area contributed by atoms with Gasteiger partial charge < -0.3 is 9.88 Å². The summed E-state index contributed by atoms with van der Waals surface area (Å²) in [5.41, 5.74) is 2.24. The molecule has 3 aromatic rings. The van der Waals surface area contributed by atoms with Crippen molar-refractivity contribution in [3.8, 4) is 0 Å². The minimum Gasteiger partial charge on any atom is -0.326 e. The van der Waals surface area contributed by atoms with Gasteiger partial charge in [-0.3, -0.25) is 14.5 Å². The lowest BCUT2D eigenvalue weighted by Gasteiger charge is -2.20. The Morgan fingerprint density at radius 1 is 1.10 bits per heavy atom. The molecule has 30 heavy (non-hydrogen) atoms. The molecular formula is C20H21N5O4S. The maximum atomic E-state index is 12.9. The molecule has 0 atom stereocenters. The quantitative estimate of drug-likeness (QED) is 0.667. The number of sulfonamides is 1. The molecule has 1 N–H and O–H groups in total. The number of rotatable bonds is 5. The SMILES string of the molecule is CC(=O)Nc1ccc(S(=O)(=O)N(C)CC(=O)N2CCn3c2nc2ccccc23)cc1. The summed E-state index contributed by atoms with van der Waals surface area (Å²) in [7, 11) is -2.50. The summed E-state index contributed by atoms with van der Waals surface area (Å²) in [6, 6.07) is 13.4. The molecule has 0 unspecified atom stereocenters. The van der Waals surface area contributed by atoms with E-state index >= 15 is 0 Å². The van der Waals surface area contributed by atoms with Gasteiger partial charge in [0, 0.05) is 32.7 Å². The van der Waals surface area contributed by atoms with Crippen molar-refractivity contribution in [3.05, 3.63) is 48.5 Å². The second kappa shape index (κ2) is 7.54. The first kappa shape index (κ1) is 20.0. The Morgan fingerprint density at radius 3 is 2.50 bits per heavy atom. The minimum atomic E-state index is -3.86. The molecule has 2 heterocycles. The number of carbonyl (C=O) groups is 2. The van der Waals surface area contributed by atoms with Gasteiger partial charge in [0.1, 0.15) is 0 Å². The van der Waals surface area contributed by atoms with Crippen LogP contribution < -0.4 is 10.2 Å². The van der Waals surface area contributed by atoms with Gasteiger partial charge in [-0.05, 0) is 36.4 Å². The molecule has 2 amide bonds. The van der Waals surface area contributed by atoms with Crippen LogP contribution in [0.4, 0.5) is 11.6 Å². The van der Waals surface area contributed by atoms with E-state index in [1.165, 1.54) is 43.1 Å². The number of para-hydroxylation sites is 2. The van der Waals surface area contributed by atoms with Crippen LogP contribution in [-0.2, 0) is 26.2 Å². The van der Waals surface area contributed by atoms with Crippen molar-refractivity contribution in [1.29, 1.82) is 0 Å². The summed E-state index contributed by atoms with van der Waals surface area (Å²) in [5.74, 6) is -0.0541. The highest BCUT2D eigenvalue weighted by atomic mass is 32.2. The second-order valence-electron chi connectivity index (χ2n) is 7.06. The molecule has 156 valence electrons. The van der Waals surface area contributed by atoms with Crippen LogP contribution in [0.5, 0.6) is 0 Å². The van der Waals surface area contributed by atoms with Crippen LogP contribution in [0, 0.1) is 0 Å². The summed E-state index contributed by atoms with van der Waals surface area (Å²) in [4.78, 5) is 30.1. The first-order valence-corrected chi connectivity index (χ1v) is 10.8. The Balaban J connectivity index is 1.50. The van der Waals surface area contributed by atoms with Crippen molar-refractivity contribution in [2.24, 2.45) is 0 Å². The molecule has 0 aliphatic carbocycles. The molecule has 10 heteroatoms. The smallest absolute Gasteiger partial charge is 0.244 e. The van der Waals surface area contributed by atoms with Crippen molar-refractivity contribution in [3.63, 3.8) is 0 Å². The average Bonchev–Trinajstić information content (AvgIpc) is 3.27. The van der Waals surface area contributed by atoms with Crippen molar-refractivity contribution in [1.82, 2.24) is 13.9 Å². The van der Waals surface area contributed by atoms with Crippen LogP contribution in [0.1, 0.15) is 6.92 Å². The molecule has 1 aromatic heterocycles. The van der Waals surface area contributed by atoms with E-state index in [4.69, 9.17) is 0 Å². The van der Waals surface area contributed by atoms with Crippen molar-refractivity contribution in [2.75, 3.05) is 30.4 Å². The van der Waals surface area contributed by atoms with Crippen LogP contribution in [0.25, 0.3) is 11.0 Å². The maximum absolute atomic E-state index is 12.9. The Hall–Kier alpha value is -3.24. The number of imidazole rings is 1. The second-order valence-corrected chi connectivity index (χ2v) is 9.11. The Labute approximate surface area is 174 Å². The van der Waals surface area contributed by atoms with Gasteiger partial charge >= 0.3 is 0 Å². The van der Waals surface area contributed by atoms with E-state index < -0.39 is 10.0 Å². The third-order valence-electron chi connectivity index (χ3n) is 4.96. The molecule has 4 rings (SSSR count). The Morgan fingerprint density at radius 2 is 1.80 bits per heavy atom. The summed E-state index contributed by atoms with van der Waals surface area (Å²) in [6.07, 6.45) is 0. The number of nitrogens with zero attached hydrogens (tertiary/aromatic N) is 4. The maximum Gasteiger partial charge on any atom is 0.244 e. The topological polar surface area (TPSA) is 105 Å². The number of anilines is 2. The van der Waals surface area contributed by atoms with E-state index in [-0.39, 0.29) is 23.3 Å². The highest BCUT2D eigenvalue weighted by molar-refractivity contribution is 7.89. The van der Waals surface area contributed by atoms with E-state index in [0.717, 1.165) is 15.3 Å². The van der Waals surface area contributed by atoms with E-state index in [9.17, 15) is 18.0 Å². The fourth-order valence-electron chi connectivity index (χ4n) is 3.48. The van der Waals surface area contributed by atoms with Gasteiger partial charge in [0.25, 0.3) is 0 Å². The molecule has 0 saturated carbocycles. The van der Waals surface area contributed by atoms with Gasteiger partial charge in [0.2, 0.25) is 27.8 Å². The fraction of sp³-hybridized carbons (Fsp3) is 0.250. The van der Waals surface area contributed by atoms with E-state index in [1.54, 1.807) is 0 Å². The highest BCUT2D eigenvalue weighted by Crippen LogP contribution is 2.27. The van der Waals surface area contributed by atoms with Crippen molar-refractivity contribution >= 4 is 44.5 Å². The lowest BCUT2D eigenvalue weighted by atomic mass is 10.3. The number of aromatic nitrogens is 2. The van der Waals surface area contributed by atoms with Gasteiger partial charge in [-0.1, -0.05) is 12.1 Å². The zero-order valence-corrected chi connectivity index (χ0v) is 17.4. The molecule has 1 aliphatic heterocycles. The van der Waals surface area contributed by atoms with Gasteiger partial charge in [-0.25, -0.2) is 13.4 Å². The van der Waals surface area contributed by atoms with Gasteiger partial charge in [-0.2, -0.15) is 4.31 Å². The van der Waals surface area contributed by atoms with Crippen molar-refractivity contribution < 1.29 is 18.0 Å². The third kappa shape index (κ3) is 3.55. The molecule has 0 fully saturated rings. The summed E-state index contributed by atoms with van der Waals surface area (Å²) in [6.45, 7) is 2.13. The molecule has 0 radical (unpaired) electrons. The monoisotopic (exact) mass is 427 g/mol. The lowest BCUT2D eigenvalue weighted by Crippen LogP contribution is -2.40. The first-order chi connectivity index (χ1) is 14.3. The highest BCUT2D eigenvalue weighted by Gasteiger charge is 2.31. The van der Waals surface area contributed by atoms with Crippen LogP contribution in [0.15, 0.2) is 53.4 Å². The number of carbonyl (C=O) groups excluding carboxylic acids is 2. The first-order valence-electron chi connectivity index (χ1n) is 9.37. The zero-order valence-electron chi connectivity index (χ0n) is 16.6. The van der Waals surface area contributed by atoms with Crippen LogP contribution >= 0.6 is 0 Å². The third-order valence-corrected chi connectivity index (χ3v) is 6.78. The average molecular weight is 427 g/mol. The van der Waals surface area contributed by atoms with Gasteiger partial charge in [0.15, 0.2) is 0 Å². The standard InChI is InChI=1S/C20H21N5O4S/c1-14(26)21-15-7-9-16(10-8-15)30(28,29)23(2)13-19(27)25-12-11-24-18-6-4-3-5-17(18)22-20(24)25/h3-10H,11-13H2,1-2H3,(H,21,26). The molecular weight excluding hydrogens is 406 g/mol. The van der Waals surface area contributed by atoms with Crippen LogP contribution in [0.3, 0.4) is 0 Å². The van der Waals surface area contributed by atoms with Crippen molar-refractivity contribution in [2.45, 2.75) is 18.4 Å². The number of hydrogen-bond acceptors (Lipinski definition) is 5. The summed E-state index contributed by atoms with van der Waals surface area (Å²) >= 11 is 0. The molecule has 0 bridgehead atoms. The predicted molar refractivity (Wildman–Crippen MR) is 113 cm³/mol. The largest absolute Gasteiger partial charge is 0.326 e. The number of nitrogens with one attached hydrogen (secondary N) is 1. The molecule has 0 saturated heterocycles. The lowest BCUT2D eigenvalue weighted by molar-refractivity contribution is -0.118. The Bertz CT molecular complexity index is 1230. The summed E-state index contributed by atoms with van der Waals surface area (Å²) < 4.78 is 28.7. The number of likely N-dealkylation sites (N-methyl/N-ethyl adjacent to an activating group) is 1. The number of amides is 2. The number of benzene rings is 2. The number of fused-ring (bicyclic) bond motifs is 3. The van der Waals surface area contributed by atoms with Crippen LogP contribution in [-0.4, -0.2) is 54.2 Å². The summed E-state index contributed by atoms with van der Waals surface area (Å²) in [5, 5.41) is 2.58. The van der Waals surface area contributed by atoms with Crippen LogP contribution in [0.2, 0.25) is 0 Å². The molecule has 1 aliphatic rings. The minimum absolute atomic E-state index is 0.0422. The predicted octanol–water partition coefficient (Wildman–Crippen LogP) is 1.66. The Kier molecular flexibility index (Phi) is 5.04. The molecule has 9 nitrogen and oxygen atoms in total. The molecule has 0 spiro atoms. The van der Waals surface area contributed by atoms with Gasteiger partial charge in [0.05, 0.1) is 22.5 Å². The number of hydrogen-bond donors (Lipinski definition) is 1. The van der Waals surface area contributed by atoms with Gasteiger partial charge in [-0.15, -0.1) is 0 Å². The van der Waals surface area contributed by atoms with E-state index in [2.05, 4.69) is 10.3 Å². The normalized spacial score (nSPS) is 13.6. The fourth-order valence-corrected chi connectivity index (χ4v) is 4.60. The molecule has 2 aromatic carbocycles. The van der Waals surface area contributed by atoms with E-state index in [0.29, 0.717) is 24.7 Å². The van der Waals surface area contributed by atoms with E-state index in [1.807, 2.05) is 28.8 Å². The zero-order chi connectivity index (χ0) is 21.5.